The maximum absolute atomic E-state index is 15.1. The number of piperidine rings is 2. The molecule has 0 aromatic heterocycles. The molecule has 2 heterocycles. The Bertz CT molecular complexity index is 1010. The van der Waals surface area contributed by atoms with Crippen LogP contribution in [0.25, 0.3) is 11.1 Å². The number of hydrogen-bond donors (Lipinski definition) is 2. The number of hydrogen-bond acceptors (Lipinski definition) is 3. The molecule has 2 aliphatic heterocycles. The van der Waals surface area contributed by atoms with Gasteiger partial charge in [-0.05, 0) is 48.4 Å². The highest BCUT2D eigenvalue weighted by molar-refractivity contribution is 7.89. The molecule has 2 aromatic carbocycles. The second-order valence-electron chi connectivity index (χ2n) is 7.71. The Balaban J connectivity index is 0.00000256. The van der Waals surface area contributed by atoms with Gasteiger partial charge in [0.2, 0.25) is 16.0 Å². The maximum atomic E-state index is 15.1. The smallest absolute Gasteiger partial charge is 0.241 e. The van der Waals surface area contributed by atoms with Crippen molar-refractivity contribution < 1.29 is 26.0 Å². The summed E-state index contributed by atoms with van der Waals surface area (Å²) in [7, 11) is -4.06. The monoisotopic (exact) mass is 464 g/mol. The highest BCUT2D eigenvalue weighted by Gasteiger charge is 2.46. The first-order chi connectivity index (χ1) is 13.8. The molecular formula is C20H21ClF4N2O2S. The van der Waals surface area contributed by atoms with E-state index in [2.05, 4.69) is 10.0 Å². The molecule has 3 fully saturated rings. The van der Waals surface area contributed by atoms with Gasteiger partial charge in [0.1, 0.15) is 17.5 Å². The third-order valence-corrected chi connectivity index (χ3v) is 6.64. The van der Waals surface area contributed by atoms with Crippen LogP contribution >= 0.6 is 12.4 Å². The third-order valence-electron chi connectivity index (χ3n) is 5.72. The van der Waals surface area contributed by atoms with Crippen molar-refractivity contribution >= 4 is 22.4 Å². The second kappa shape index (κ2) is 8.82. The molecule has 2 aromatic rings. The van der Waals surface area contributed by atoms with E-state index in [0.29, 0.717) is 6.07 Å². The molecule has 10 heteroatoms. The number of fused-ring (bicyclic) bond motifs is 2. The summed E-state index contributed by atoms with van der Waals surface area (Å²) in [6.45, 7) is 0. The number of benzene rings is 2. The van der Waals surface area contributed by atoms with Crippen LogP contribution in [-0.4, -0.2) is 32.5 Å². The van der Waals surface area contributed by atoms with Gasteiger partial charge in [0, 0.05) is 29.8 Å². The van der Waals surface area contributed by atoms with Gasteiger partial charge < -0.3 is 5.32 Å². The van der Waals surface area contributed by atoms with Crippen molar-refractivity contribution in [2.75, 3.05) is 6.01 Å². The van der Waals surface area contributed by atoms with E-state index >= 15 is 4.39 Å². The van der Waals surface area contributed by atoms with Gasteiger partial charge in [-0.3, -0.25) is 0 Å². The summed E-state index contributed by atoms with van der Waals surface area (Å²) in [6.07, 6.45) is 1.71. The van der Waals surface area contributed by atoms with Gasteiger partial charge >= 0.3 is 0 Å². The van der Waals surface area contributed by atoms with Gasteiger partial charge in [-0.15, -0.1) is 12.4 Å². The quantitative estimate of drug-likeness (QED) is 0.641. The first-order valence-electron chi connectivity index (χ1n) is 9.31. The fourth-order valence-electron chi connectivity index (χ4n) is 4.34. The fourth-order valence-corrected chi connectivity index (χ4v) is 5.17. The predicted octanol–water partition coefficient (Wildman–Crippen LogP) is 3.70. The van der Waals surface area contributed by atoms with Crippen molar-refractivity contribution in [1.29, 1.82) is 0 Å². The molecule has 0 spiro atoms. The summed E-state index contributed by atoms with van der Waals surface area (Å²) in [5.74, 6) is -2.17. The molecule has 0 amide bonds. The summed E-state index contributed by atoms with van der Waals surface area (Å²) in [5.41, 5.74) is 0.425. The van der Waals surface area contributed by atoms with Crippen molar-refractivity contribution in [1.82, 2.24) is 10.0 Å². The van der Waals surface area contributed by atoms with Gasteiger partial charge in [-0.25, -0.2) is 30.7 Å². The molecule has 0 radical (unpaired) electrons. The SMILES string of the molecule is Cl.O=S(=O)(CF)NC1C2CC(C2)NC1Cc1cccc(-c2cc(F)cc(F)c2)c1F. The van der Waals surface area contributed by atoms with E-state index in [9.17, 15) is 21.6 Å². The Morgan fingerprint density at radius 3 is 2.37 bits per heavy atom. The molecule has 4 nitrogen and oxygen atoms in total. The summed E-state index contributed by atoms with van der Waals surface area (Å²) >= 11 is 0. The van der Waals surface area contributed by atoms with Gasteiger partial charge in [0.05, 0.1) is 0 Å². The molecule has 3 aliphatic rings. The Morgan fingerprint density at radius 2 is 1.73 bits per heavy atom. The first kappa shape index (κ1) is 23.0. The van der Waals surface area contributed by atoms with Crippen LogP contribution in [0, 0.1) is 23.4 Å². The number of sulfonamides is 1. The van der Waals surface area contributed by atoms with E-state index in [-0.39, 0.29) is 47.5 Å². The van der Waals surface area contributed by atoms with Crippen LogP contribution in [0.5, 0.6) is 0 Å². The summed E-state index contributed by atoms with van der Waals surface area (Å²) in [6, 6.07) is 5.14. The lowest BCUT2D eigenvalue weighted by molar-refractivity contribution is 0.0807. The second-order valence-corrected chi connectivity index (χ2v) is 9.39. The lowest BCUT2D eigenvalue weighted by atomic mass is 9.68. The van der Waals surface area contributed by atoms with Gasteiger partial charge in [-0.1, -0.05) is 18.2 Å². The Labute approximate surface area is 178 Å². The summed E-state index contributed by atoms with van der Waals surface area (Å²) in [4.78, 5) is 0. The van der Waals surface area contributed by atoms with E-state index in [4.69, 9.17) is 0 Å². The first-order valence-corrected chi connectivity index (χ1v) is 11.0. The van der Waals surface area contributed by atoms with Crippen LogP contribution in [0.15, 0.2) is 36.4 Å². The van der Waals surface area contributed by atoms with Gasteiger partial charge in [-0.2, -0.15) is 0 Å². The fraction of sp³-hybridized carbons (Fsp3) is 0.400. The zero-order valence-electron chi connectivity index (χ0n) is 15.7. The van der Waals surface area contributed by atoms with Crippen LogP contribution in [-0.2, 0) is 16.4 Å². The Hall–Kier alpha value is -1.68. The van der Waals surface area contributed by atoms with Crippen molar-refractivity contribution in [3.05, 3.63) is 59.4 Å². The number of alkyl halides is 1. The zero-order chi connectivity index (χ0) is 20.8. The molecule has 164 valence electrons. The summed E-state index contributed by atoms with van der Waals surface area (Å²) in [5, 5.41) is 3.30. The van der Waals surface area contributed by atoms with E-state index < -0.39 is 45.6 Å². The van der Waals surface area contributed by atoms with Gasteiger partial charge in [0.25, 0.3) is 0 Å². The van der Waals surface area contributed by atoms with Crippen LogP contribution in [0.2, 0.25) is 0 Å². The lowest BCUT2D eigenvalue weighted by Crippen LogP contribution is -2.68. The molecule has 2 atom stereocenters. The predicted molar refractivity (Wildman–Crippen MR) is 108 cm³/mol. The topological polar surface area (TPSA) is 58.2 Å². The molecule has 2 unspecified atom stereocenters. The molecule has 2 bridgehead atoms. The number of nitrogens with one attached hydrogen (secondary N) is 2. The average Bonchev–Trinajstić information content (AvgIpc) is 2.62. The molecule has 1 aliphatic carbocycles. The highest BCUT2D eigenvalue weighted by atomic mass is 35.5. The molecule has 30 heavy (non-hydrogen) atoms. The van der Waals surface area contributed by atoms with Gasteiger partial charge in [0.15, 0.2) is 0 Å². The molecular weight excluding hydrogens is 444 g/mol. The van der Waals surface area contributed by atoms with E-state index in [0.717, 1.165) is 25.0 Å². The maximum Gasteiger partial charge on any atom is 0.241 e. The number of halogens is 5. The van der Waals surface area contributed by atoms with Crippen molar-refractivity contribution in [2.45, 2.75) is 37.4 Å². The Kier molecular flexibility index (Phi) is 6.76. The molecule has 5 rings (SSSR count). The van der Waals surface area contributed by atoms with Crippen LogP contribution in [0.3, 0.4) is 0 Å². The third kappa shape index (κ3) is 4.64. The minimum absolute atomic E-state index is 0. The average molecular weight is 465 g/mol. The van der Waals surface area contributed by atoms with E-state index in [1.165, 1.54) is 6.07 Å². The van der Waals surface area contributed by atoms with E-state index in [1.54, 1.807) is 12.1 Å². The van der Waals surface area contributed by atoms with Crippen LogP contribution in [0.4, 0.5) is 17.6 Å². The van der Waals surface area contributed by atoms with E-state index in [1.807, 2.05) is 0 Å². The molecule has 2 N–H and O–H groups in total. The summed E-state index contributed by atoms with van der Waals surface area (Å²) < 4.78 is 80.9. The normalized spacial score (nSPS) is 25.3. The minimum atomic E-state index is -4.06. The Morgan fingerprint density at radius 1 is 1.07 bits per heavy atom. The largest absolute Gasteiger partial charge is 0.309 e. The minimum Gasteiger partial charge on any atom is -0.309 e. The zero-order valence-corrected chi connectivity index (χ0v) is 17.4. The molecule has 1 saturated carbocycles. The standard InChI is InChI=1S/C20H20F4N2O2S.ClH/c21-10-29(27,28)26-20-13-6-16(7-13)25-18(20)8-11-2-1-3-17(19(11)24)12-4-14(22)9-15(23)5-12;/h1-5,9,13,16,18,20,25-26H,6-8,10H2;1H. The van der Waals surface area contributed by atoms with Crippen molar-refractivity contribution in [2.24, 2.45) is 5.92 Å². The van der Waals surface area contributed by atoms with Crippen LogP contribution < -0.4 is 10.0 Å². The lowest BCUT2D eigenvalue weighted by Gasteiger charge is -2.52. The van der Waals surface area contributed by atoms with Crippen molar-refractivity contribution in [3.8, 4) is 11.1 Å². The highest BCUT2D eigenvalue weighted by Crippen LogP contribution is 2.38. The number of rotatable bonds is 6. The molecule has 2 saturated heterocycles. The van der Waals surface area contributed by atoms with Crippen LogP contribution in [0.1, 0.15) is 18.4 Å². The van der Waals surface area contributed by atoms with Crippen molar-refractivity contribution in [3.63, 3.8) is 0 Å².